The maximum Gasteiger partial charge on any atom is 0.302 e. The molecule has 5 nitrogen and oxygen atoms in total. The summed E-state index contributed by atoms with van der Waals surface area (Å²) in [5.41, 5.74) is 6.59. The van der Waals surface area contributed by atoms with Gasteiger partial charge in [0.05, 0.1) is 18.0 Å². The molecule has 0 aliphatic heterocycles. The lowest BCUT2D eigenvalue weighted by Gasteiger charge is -2.15. The summed E-state index contributed by atoms with van der Waals surface area (Å²) in [6, 6.07) is 7.00. The zero-order chi connectivity index (χ0) is 19.6. The number of fused-ring (bicyclic) bond motifs is 1. The maximum absolute atomic E-state index is 13.9. The van der Waals surface area contributed by atoms with E-state index in [0.29, 0.717) is 13.0 Å². The average Bonchev–Trinajstić information content (AvgIpc) is 2.89. The molecule has 142 valence electrons. The molecule has 0 aliphatic carbocycles. The van der Waals surface area contributed by atoms with Gasteiger partial charge in [-0.2, -0.15) is 0 Å². The van der Waals surface area contributed by atoms with Crippen LogP contribution >= 0.6 is 0 Å². The van der Waals surface area contributed by atoms with Crippen molar-refractivity contribution in [3.8, 4) is 0 Å². The van der Waals surface area contributed by atoms with Crippen LogP contribution in [0.1, 0.15) is 35.0 Å². The van der Waals surface area contributed by atoms with Crippen molar-refractivity contribution < 1.29 is 13.9 Å². The third-order valence-electron chi connectivity index (χ3n) is 4.79. The normalized spacial score (nSPS) is 11.0. The number of imidazole rings is 1. The van der Waals surface area contributed by atoms with Crippen LogP contribution in [0.2, 0.25) is 0 Å². The lowest BCUT2D eigenvalue weighted by Crippen LogP contribution is -2.10. The fourth-order valence-corrected chi connectivity index (χ4v) is 3.24. The number of nitrogens with one attached hydrogen (secondary N) is 1. The number of hydrogen-bond donors (Lipinski definition) is 1. The third-order valence-corrected chi connectivity index (χ3v) is 4.79. The van der Waals surface area contributed by atoms with Crippen molar-refractivity contribution in [2.24, 2.45) is 0 Å². The molecule has 0 spiro atoms. The highest BCUT2D eigenvalue weighted by Crippen LogP contribution is 2.23. The van der Waals surface area contributed by atoms with E-state index >= 15 is 0 Å². The number of aromatic nitrogens is 2. The van der Waals surface area contributed by atoms with E-state index in [2.05, 4.69) is 14.7 Å². The van der Waals surface area contributed by atoms with Crippen LogP contribution < -0.4 is 5.32 Å². The van der Waals surface area contributed by atoms with Gasteiger partial charge in [0.25, 0.3) is 0 Å². The zero-order valence-electron chi connectivity index (χ0n) is 16.1. The standard InChI is InChI=1S/C21H24FN3O2/c1-13-10-18(22)11-17(7-9-27-16(4)26)19(13)12-23-20-6-5-8-25-15(3)14(2)24-21(20)25/h5-6,8,10-11,23H,7,9,12H2,1-4H3. The van der Waals surface area contributed by atoms with Crippen molar-refractivity contribution >= 4 is 17.3 Å². The molecule has 0 aliphatic rings. The highest BCUT2D eigenvalue weighted by atomic mass is 19.1. The Labute approximate surface area is 158 Å². The smallest absolute Gasteiger partial charge is 0.302 e. The molecule has 0 unspecified atom stereocenters. The van der Waals surface area contributed by atoms with Crippen LogP contribution in [-0.2, 0) is 22.5 Å². The van der Waals surface area contributed by atoms with Gasteiger partial charge in [-0.05, 0) is 61.7 Å². The van der Waals surface area contributed by atoms with E-state index in [4.69, 9.17) is 4.74 Å². The van der Waals surface area contributed by atoms with E-state index in [-0.39, 0.29) is 18.4 Å². The maximum atomic E-state index is 13.9. The highest BCUT2D eigenvalue weighted by molar-refractivity contribution is 5.69. The van der Waals surface area contributed by atoms with E-state index in [9.17, 15) is 9.18 Å². The van der Waals surface area contributed by atoms with Gasteiger partial charge in [-0.15, -0.1) is 0 Å². The third kappa shape index (κ3) is 4.10. The predicted molar refractivity (Wildman–Crippen MR) is 103 cm³/mol. The van der Waals surface area contributed by atoms with Crippen LogP contribution in [-0.4, -0.2) is 22.0 Å². The van der Waals surface area contributed by atoms with Gasteiger partial charge in [-0.25, -0.2) is 9.37 Å². The van der Waals surface area contributed by atoms with E-state index in [1.165, 1.54) is 19.1 Å². The molecule has 0 saturated carbocycles. The van der Waals surface area contributed by atoms with E-state index in [1.807, 2.05) is 39.1 Å². The molecule has 1 aromatic carbocycles. The van der Waals surface area contributed by atoms with E-state index in [0.717, 1.165) is 39.4 Å². The summed E-state index contributed by atoms with van der Waals surface area (Å²) >= 11 is 0. The van der Waals surface area contributed by atoms with Crippen molar-refractivity contribution in [1.29, 1.82) is 0 Å². The average molecular weight is 369 g/mol. The van der Waals surface area contributed by atoms with Gasteiger partial charge >= 0.3 is 5.97 Å². The highest BCUT2D eigenvalue weighted by Gasteiger charge is 2.12. The molecular formula is C21H24FN3O2. The second-order valence-electron chi connectivity index (χ2n) is 6.70. The Hall–Kier alpha value is -2.89. The van der Waals surface area contributed by atoms with Crippen LogP contribution in [0, 0.1) is 26.6 Å². The summed E-state index contributed by atoms with van der Waals surface area (Å²) in [4.78, 5) is 15.6. The fraction of sp³-hybridized carbons (Fsp3) is 0.333. The molecule has 27 heavy (non-hydrogen) atoms. The van der Waals surface area contributed by atoms with Crippen LogP contribution in [0.5, 0.6) is 0 Å². The summed E-state index contributed by atoms with van der Waals surface area (Å²) in [5.74, 6) is -0.616. The summed E-state index contributed by atoms with van der Waals surface area (Å²) in [6.07, 6.45) is 2.46. The van der Waals surface area contributed by atoms with Crippen molar-refractivity contribution in [3.63, 3.8) is 0 Å². The molecule has 0 amide bonds. The molecule has 0 bridgehead atoms. The summed E-state index contributed by atoms with van der Waals surface area (Å²) in [6.45, 7) is 8.06. The molecule has 2 heterocycles. The van der Waals surface area contributed by atoms with Crippen LogP contribution in [0.15, 0.2) is 30.5 Å². The molecule has 1 N–H and O–H groups in total. The second kappa shape index (κ2) is 7.78. The van der Waals surface area contributed by atoms with Crippen LogP contribution in [0.3, 0.4) is 0 Å². The summed E-state index contributed by atoms with van der Waals surface area (Å²) in [5, 5.41) is 3.43. The first kappa shape index (κ1) is 18.9. The number of nitrogens with zero attached hydrogens (tertiary/aromatic N) is 2. The number of ether oxygens (including phenoxy) is 1. The number of halogens is 1. The topological polar surface area (TPSA) is 55.6 Å². The van der Waals surface area contributed by atoms with Gasteiger partial charge in [0, 0.05) is 31.8 Å². The van der Waals surface area contributed by atoms with Crippen molar-refractivity contribution in [3.05, 3.63) is 64.4 Å². The number of benzene rings is 1. The van der Waals surface area contributed by atoms with E-state index < -0.39 is 0 Å². The minimum Gasteiger partial charge on any atom is -0.466 e. The first-order valence-electron chi connectivity index (χ1n) is 8.96. The Bertz CT molecular complexity index is 995. The molecule has 2 aromatic heterocycles. The van der Waals surface area contributed by atoms with Crippen LogP contribution in [0.4, 0.5) is 10.1 Å². The molecule has 0 atom stereocenters. The minimum atomic E-state index is -0.334. The first-order chi connectivity index (χ1) is 12.9. The number of aryl methyl sites for hydroxylation is 3. The lowest BCUT2D eigenvalue weighted by atomic mass is 9.99. The predicted octanol–water partition coefficient (Wildman–Crippen LogP) is 4.12. The molecule has 0 radical (unpaired) electrons. The van der Waals surface area contributed by atoms with Gasteiger partial charge in [0.1, 0.15) is 5.82 Å². The van der Waals surface area contributed by atoms with Crippen molar-refractivity contribution in [2.75, 3.05) is 11.9 Å². The zero-order valence-corrected chi connectivity index (χ0v) is 16.1. The molecule has 3 rings (SSSR count). The van der Waals surface area contributed by atoms with Crippen molar-refractivity contribution in [2.45, 2.75) is 40.7 Å². The number of hydrogen-bond acceptors (Lipinski definition) is 4. The SMILES string of the molecule is CC(=O)OCCc1cc(F)cc(C)c1CNc1cccn2c(C)c(C)nc12. The Morgan fingerprint density at radius 2 is 2.07 bits per heavy atom. The number of carbonyl (C=O) groups excluding carboxylic acids is 1. The van der Waals surface area contributed by atoms with Gasteiger partial charge in [0.2, 0.25) is 0 Å². The number of carbonyl (C=O) groups is 1. The molecule has 0 saturated heterocycles. The van der Waals surface area contributed by atoms with E-state index in [1.54, 1.807) is 0 Å². The molecular weight excluding hydrogens is 345 g/mol. The number of rotatable bonds is 6. The Morgan fingerprint density at radius 3 is 2.81 bits per heavy atom. The number of anilines is 1. The van der Waals surface area contributed by atoms with Gasteiger partial charge < -0.3 is 14.5 Å². The number of esters is 1. The fourth-order valence-electron chi connectivity index (χ4n) is 3.24. The Balaban J connectivity index is 1.85. The Kier molecular flexibility index (Phi) is 5.44. The Morgan fingerprint density at radius 1 is 1.30 bits per heavy atom. The second-order valence-corrected chi connectivity index (χ2v) is 6.70. The largest absolute Gasteiger partial charge is 0.466 e. The molecule has 3 aromatic rings. The van der Waals surface area contributed by atoms with Gasteiger partial charge in [0.15, 0.2) is 5.65 Å². The first-order valence-corrected chi connectivity index (χ1v) is 8.96. The van der Waals surface area contributed by atoms with Gasteiger partial charge in [-0.3, -0.25) is 4.79 Å². The lowest BCUT2D eigenvalue weighted by molar-refractivity contribution is -0.140. The van der Waals surface area contributed by atoms with Crippen LogP contribution in [0.25, 0.3) is 5.65 Å². The molecule has 0 fully saturated rings. The van der Waals surface area contributed by atoms with Gasteiger partial charge in [-0.1, -0.05) is 0 Å². The quantitative estimate of drug-likeness (QED) is 0.664. The molecule has 6 heteroatoms. The number of pyridine rings is 1. The summed E-state index contributed by atoms with van der Waals surface area (Å²) in [7, 11) is 0. The monoisotopic (exact) mass is 369 g/mol. The van der Waals surface area contributed by atoms with Crippen molar-refractivity contribution in [1.82, 2.24) is 9.38 Å². The summed E-state index contributed by atoms with van der Waals surface area (Å²) < 4.78 is 20.9. The minimum absolute atomic E-state index is 0.236.